The smallest absolute Gasteiger partial charge is 0.189 e. The summed E-state index contributed by atoms with van der Waals surface area (Å²) in [5.74, 6) is 1.35. The van der Waals surface area contributed by atoms with Crippen LogP contribution in [0.1, 0.15) is 65.2 Å². The van der Waals surface area contributed by atoms with Gasteiger partial charge in [0.2, 0.25) is 0 Å². The van der Waals surface area contributed by atoms with Crippen LogP contribution in [0.25, 0.3) is 10.9 Å². The zero-order valence-corrected chi connectivity index (χ0v) is 15.6. The molecule has 25 heavy (non-hydrogen) atoms. The second kappa shape index (κ2) is 10.8. The van der Waals surface area contributed by atoms with E-state index >= 15 is 0 Å². The van der Waals surface area contributed by atoms with Gasteiger partial charge in [0.1, 0.15) is 0 Å². The molecule has 0 radical (unpaired) electrons. The number of unbranched alkanes of at least 4 members (excludes halogenated alkanes) is 7. The molecule has 0 saturated carbocycles. The molecule has 2 rings (SSSR count). The van der Waals surface area contributed by atoms with Gasteiger partial charge in [-0.1, -0.05) is 51.9 Å². The number of benzene rings is 1. The molecule has 4 heteroatoms. The third-order valence-corrected chi connectivity index (χ3v) is 4.38. The third-order valence-electron chi connectivity index (χ3n) is 4.38. The van der Waals surface area contributed by atoms with Gasteiger partial charge in [-0.2, -0.15) is 0 Å². The van der Waals surface area contributed by atoms with Crippen LogP contribution in [0, 0.1) is 0 Å². The minimum absolute atomic E-state index is 0.00581. The fourth-order valence-electron chi connectivity index (χ4n) is 2.98. The summed E-state index contributed by atoms with van der Waals surface area (Å²) >= 11 is 0. The Morgan fingerprint density at radius 3 is 2.28 bits per heavy atom. The monoisotopic (exact) mass is 345 g/mol. The minimum Gasteiger partial charge on any atom is -0.490 e. The Labute approximate surface area is 150 Å². The van der Waals surface area contributed by atoms with Gasteiger partial charge in [-0.05, 0) is 19.4 Å². The van der Waals surface area contributed by atoms with Crippen LogP contribution in [-0.2, 0) is 0 Å². The van der Waals surface area contributed by atoms with Crippen molar-refractivity contribution in [2.45, 2.75) is 65.2 Å². The van der Waals surface area contributed by atoms with Crippen molar-refractivity contribution in [3.05, 3.63) is 34.6 Å². The summed E-state index contributed by atoms with van der Waals surface area (Å²) in [7, 11) is 0. The van der Waals surface area contributed by atoms with Crippen molar-refractivity contribution < 1.29 is 9.47 Å². The highest BCUT2D eigenvalue weighted by Gasteiger charge is 2.09. The van der Waals surface area contributed by atoms with Gasteiger partial charge in [0.15, 0.2) is 16.9 Å². The van der Waals surface area contributed by atoms with Gasteiger partial charge in [-0.25, -0.2) is 0 Å². The van der Waals surface area contributed by atoms with Crippen LogP contribution >= 0.6 is 0 Å². The van der Waals surface area contributed by atoms with Crippen LogP contribution in [0.4, 0.5) is 0 Å². The molecule has 0 aliphatic heterocycles. The average Bonchev–Trinajstić information content (AvgIpc) is 2.61. The van der Waals surface area contributed by atoms with E-state index in [-0.39, 0.29) is 5.43 Å². The van der Waals surface area contributed by atoms with E-state index in [1.165, 1.54) is 51.0 Å². The molecule has 1 heterocycles. The van der Waals surface area contributed by atoms with Crippen LogP contribution in [0.3, 0.4) is 0 Å². The molecule has 0 aliphatic rings. The third kappa shape index (κ3) is 6.11. The summed E-state index contributed by atoms with van der Waals surface area (Å²) in [5, 5.41) is 0.636. The number of aromatic amines is 1. The lowest BCUT2D eigenvalue weighted by Gasteiger charge is -2.13. The van der Waals surface area contributed by atoms with Gasteiger partial charge >= 0.3 is 0 Å². The van der Waals surface area contributed by atoms with E-state index in [2.05, 4.69) is 11.9 Å². The fraction of sp³-hybridized carbons (Fsp3) is 0.571. The highest BCUT2D eigenvalue weighted by molar-refractivity contribution is 5.82. The summed E-state index contributed by atoms with van der Waals surface area (Å²) in [4.78, 5) is 15.1. The van der Waals surface area contributed by atoms with Crippen LogP contribution in [-0.4, -0.2) is 18.2 Å². The van der Waals surface area contributed by atoms with E-state index in [1.807, 2.05) is 13.0 Å². The number of pyridine rings is 1. The Bertz CT molecular complexity index is 693. The molecule has 0 spiro atoms. The van der Waals surface area contributed by atoms with Crippen molar-refractivity contribution in [2.24, 2.45) is 0 Å². The summed E-state index contributed by atoms with van der Waals surface area (Å²) in [6.07, 6.45) is 11.8. The minimum atomic E-state index is -0.00581. The number of hydrogen-bond donors (Lipinski definition) is 1. The molecular weight excluding hydrogens is 314 g/mol. The molecule has 0 aliphatic carbocycles. The summed E-state index contributed by atoms with van der Waals surface area (Å²) in [6.45, 7) is 5.41. The maximum atomic E-state index is 12.0. The quantitative estimate of drug-likeness (QED) is 0.521. The molecule has 1 N–H and O–H groups in total. The second-order valence-electron chi connectivity index (χ2n) is 6.44. The van der Waals surface area contributed by atoms with E-state index in [4.69, 9.17) is 9.47 Å². The lowest BCUT2D eigenvalue weighted by atomic mass is 10.1. The maximum absolute atomic E-state index is 12.0. The van der Waals surface area contributed by atoms with Gasteiger partial charge < -0.3 is 14.5 Å². The van der Waals surface area contributed by atoms with Crippen molar-refractivity contribution in [1.29, 1.82) is 0 Å². The Morgan fingerprint density at radius 1 is 0.880 bits per heavy atom. The first-order valence-electron chi connectivity index (χ1n) is 9.67. The zero-order chi connectivity index (χ0) is 17.9. The Hall–Kier alpha value is -1.97. The van der Waals surface area contributed by atoms with Crippen molar-refractivity contribution in [2.75, 3.05) is 13.2 Å². The largest absolute Gasteiger partial charge is 0.490 e. The van der Waals surface area contributed by atoms with E-state index in [0.29, 0.717) is 30.1 Å². The van der Waals surface area contributed by atoms with E-state index in [0.717, 1.165) is 11.9 Å². The van der Waals surface area contributed by atoms with Gasteiger partial charge in [-0.15, -0.1) is 0 Å². The first kappa shape index (κ1) is 19.4. The first-order valence-corrected chi connectivity index (χ1v) is 9.67. The van der Waals surface area contributed by atoms with Crippen LogP contribution in [0.2, 0.25) is 0 Å². The van der Waals surface area contributed by atoms with Gasteiger partial charge in [-0.3, -0.25) is 4.79 Å². The van der Waals surface area contributed by atoms with E-state index in [9.17, 15) is 4.79 Å². The molecule has 0 fully saturated rings. The van der Waals surface area contributed by atoms with E-state index in [1.54, 1.807) is 12.3 Å². The van der Waals surface area contributed by atoms with E-state index < -0.39 is 0 Å². The predicted octanol–water partition coefficient (Wildman–Crippen LogP) is 5.45. The molecular formula is C21H31NO3. The standard InChI is InChI=1S/C21H31NO3/c1-3-5-6-7-8-9-10-11-14-25-20-15-17-18(16-21(20)24-4-2)22-13-12-19(17)23/h12-13,15-16H,3-11,14H2,1-2H3,(H,22,23). The van der Waals surface area contributed by atoms with Crippen LogP contribution < -0.4 is 14.9 Å². The number of rotatable bonds is 12. The highest BCUT2D eigenvalue weighted by atomic mass is 16.5. The predicted molar refractivity (Wildman–Crippen MR) is 104 cm³/mol. The maximum Gasteiger partial charge on any atom is 0.189 e. The molecule has 138 valence electrons. The normalized spacial score (nSPS) is 11.0. The van der Waals surface area contributed by atoms with Crippen molar-refractivity contribution in [3.8, 4) is 11.5 Å². The molecule has 4 nitrogen and oxygen atoms in total. The lowest BCUT2D eigenvalue weighted by Crippen LogP contribution is -2.05. The number of hydrogen-bond acceptors (Lipinski definition) is 3. The number of ether oxygens (including phenoxy) is 2. The summed E-state index contributed by atoms with van der Waals surface area (Å²) in [5.41, 5.74) is 0.768. The molecule has 0 unspecified atom stereocenters. The number of nitrogens with one attached hydrogen (secondary N) is 1. The van der Waals surface area contributed by atoms with Crippen molar-refractivity contribution in [1.82, 2.24) is 4.98 Å². The Morgan fingerprint density at radius 2 is 1.56 bits per heavy atom. The molecule has 0 amide bonds. The lowest BCUT2D eigenvalue weighted by molar-refractivity contribution is 0.271. The molecule has 2 aromatic rings. The zero-order valence-electron chi connectivity index (χ0n) is 15.6. The molecule has 0 saturated heterocycles. The van der Waals surface area contributed by atoms with Gasteiger partial charge in [0.25, 0.3) is 0 Å². The summed E-state index contributed by atoms with van der Waals surface area (Å²) in [6, 6.07) is 5.18. The molecule has 0 atom stereocenters. The number of aromatic nitrogens is 1. The number of H-pyrrole nitrogens is 1. The second-order valence-corrected chi connectivity index (χ2v) is 6.44. The fourth-order valence-corrected chi connectivity index (χ4v) is 2.98. The summed E-state index contributed by atoms with van der Waals surface area (Å²) < 4.78 is 11.6. The van der Waals surface area contributed by atoms with Crippen LogP contribution in [0.5, 0.6) is 11.5 Å². The highest BCUT2D eigenvalue weighted by Crippen LogP contribution is 2.31. The Balaban J connectivity index is 1.86. The molecule has 0 bridgehead atoms. The first-order chi connectivity index (χ1) is 12.3. The van der Waals surface area contributed by atoms with Crippen molar-refractivity contribution >= 4 is 10.9 Å². The topological polar surface area (TPSA) is 51.3 Å². The average molecular weight is 345 g/mol. The molecule has 1 aromatic carbocycles. The molecule has 1 aromatic heterocycles. The SMILES string of the molecule is CCCCCCCCCCOc1cc2c(=O)cc[nH]c2cc1OCC. The van der Waals surface area contributed by atoms with Crippen LogP contribution in [0.15, 0.2) is 29.2 Å². The van der Waals surface area contributed by atoms with Crippen molar-refractivity contribution in [3.63, 3.8) is 0 Å². The Kier molecular flexibility index (Phi) is 8.36. The number of fused-ring (bicyclic) bond motifs is 1. The van der Waals surface area contributed by atoms with Gasteiger partial charge in [0, 0.05) is 23.7 Å². The van der Waals surface area contributed by atoms with Gasteiger partial charge in [0.05, 0.1) is 18.7 Å².